The third kappa shape index (κ3) is 4.71. The van der Waals surface area contributed by atoms with Crippen LogP contribution in [-0.4, -0.2) is 43.3 Å². The fourth-order valence-corrected chi connectivity index (χ4v) is 4.98. The summed E-state index contributed by atoms with van der Waals surface area (Å²) in [6, 6.07) is 14.7. The van der Waals surface area contributed by atoms with Gasteiger partial charge >= 0.3 is 0 Å². The SMILES string of the molecule is O=[N+]([O-])c1ccc(S(=O)(=O)N2CCCCNC[C@H]2Cc2ccccc2)cc1. The molecule has 7 nitrogen and oxygen atoms in total. The van der Waals surface area contributed by atoms with Crippen LogP contribution in [0.5, 0.6) is 0 Å². The fraction of sp³-hybridized carbons (Fsp3) is 0.368. The summed E-state index contributed by atoms with van der Waals surface area (Å²) in [6.45, 7) is 1.89. The van der Waals surface area contributed by atoms with E-state index in [9.17, 15) is 18.5 Å². The third-order valence-corrected chi connectivity index (χ3v) is 6.70. The molecule has 0 spiro atoms. The van der Waals surface area contributed by atoms with Crippen molar-refractivity contribution in [2.45, 2.75) is 30.2 Å². The van der Waals surface area contributed by atoms with Crippen LogP contribution >= 0.6 is 0 Å². The van der Waals surface area contributed by atoms with Crippen LogP contribution in [0.3, 0.4) is 0 Å². The van der Waals surface area contributed by atoms with Gasteiger partial charge in [-0.15, -0.1) is 0 Å². The molecule has 1 saturated heterocycles. The summed E-state index contributed by atoms with van der Waals surface area (Å²) in [5, 5.41) is 14.2. The molecular formula is C19H23N3O4S. The maximum absolute atomic E-state index is 13.3. The molecule has 0 saturated carbocycles. The van der Waals surface area contributed by atoms with Gasteiger partial charge in [-0.25, -0.2) is 8.42 Å². The van der Waals surface area contributed by atoms with Crippen molar-refractivity contribution in [1.29, 1.82) is 0 Å². The molecule has 1 fully saturated rings. The van der Waals surface area contributed by atoms with Crippen molar-refractivity contribution in [3.63, 3.8) is 0 Å². The minimum absolute atomic E-state index is 0.0896. The Labute approximate surface area is 159 Å². The first kappa shape index (κ1) is 19.5. The van der Waals surface area contributed by atoms with Crippen LogP contribution in [0.15, 0.2) is 59.5 Å². The average Bonchev–Trinajstić information content (AvgIpc) is 2.64. The Balaban J connectivity index is 1.90. The topological polar surface area (TPSA) is 92.5 Å². The molecule has 1 aliphatic heterocycles. The zero-order valence-electron chi connectivity index (χ0n) is 15.0. The van der Waals surface area contributed by atoms with Gasteiger partial charge in [0, 0.05) is 31.3 Å². The molecule has 0 aromatic heterocycles. The molecule has 2 aromatic carbocycles. The van der Waals surface area contributed by atoms with E-state index in [1.165, 1.54) is 24.3 Å². The summed E-state index contributed by atoms with van der Waals surface area (Å²) < 4.78 is 28.1. The number of nitro benzene ring substituents is 1. The Hall–Kier alpha value is -2.29. The van der Waals surface area contributed by atoms with Crippen molar-refractivity contribution >= 4 is 15.7 Å². The van der Waals surface area contributed by atoms with E-state index < -0.39 is 14.9 Å². The Bertz CT molecular complexity index is 870. The molecule has 0 amide bonds. The number of hydrogen-bond acceptors (Lipinski definition) is 5. The second-order valence-electron chi connectivity index (χ2n) is 6.62. The van der Waals surface area contributed by atoms with E-state index in [1.54, 1.807) is 4.31 Å². The van der Waals surface area contributed by atoms with Crippen LogP contribution < -0.4 is 5.32 Å². The molecule has 0 radical (unpaired) electrons. The molecule has 1 heterocycles. The summed E-state index contributed by atoms with van der Waals surface area (Å²) in [7, 11) is -3.74. The lowest BCUT2D eigenvalue weighted by atomic mass is 10.0. The van der Waals surface area contributed by atoms with E-state index in [1.807, 2.05) is 30.3 Å². The van der Waals surface area contributed by atoms with E-state index in [4.69, 9.17) is 0 Å². The van der Waals surface area contributed by atoms with Crippen molar-refractivity contribution in [3.8, 4) is 0 Å². The highest BCUT2D eigenvalue weighted by atomic mass is 32.2. The van der Waals surface area contributed by atoms with Gasteiger partial charge in [0.05, 0.1) is 9.82 Å². The van der Waals surface area contributed by atoms with E-state index in [0.717, 1.165) is 24.9 Å². The smallest absolute Gasteiger partial charge is 0.269 e. The lowest BCUT2D eigenvalue weighted by Crippen LogP contribution is -2.49. The summed E-state index contributed by atoms with van der Waals surface area (Å²) in [6.07, 6.45) is 2.29. The van der Waals surface area contributed by atoms with Gasteiger partial charge < -0.3 is 5.32 Å². The standard InChI is InChI=1S/C19H23N3O4S/c23-22(24)17-8-10-19(11-9-17)27(25,26)21-13-5-4-12-20-15-18(21)14-16-6-2-1-3-7-16/h1-3,6-11,18,20H,4-5,12-15H2/t18-/m1/s1. The maximum atomic E-state index is 13.3. The second-order valence-corrected chi connectivity index (χ2v) is 8.51. The predicted molar refractivity (Wildman–Crippen MR) is 103 cm³/mol. The first-order chi connectivity index (χ1) is 13.0. The van der Waals surface area contributed by atoms with Crippen molar-refractivity contribution in [2.24, 2.45) is 0 Å². The number of nitrogens with zero attached hydrogens (tertiary/aromatic N) is 2. The monoisotopic (exact) mass is 389 g/mol. The summed E-state index contributed by atoms with van der Waals surface area (Å²) >= 11 is 0. The number of nitrogens with one attached hydrogen (secondary N) is 1. The predicted octanol–water partition coefficient (Wildman–Crippen LogP) is 2.58. The van der Waals surface area contributed by atoms with Crippen LogP contribution in [0.25, 0.3) is 0 Å². The van der Waals surface area contributed by atoms with E-state index >= 15 is 0 Å². The van der Waals surface area contributed by atoms with Gasteiger partial charge in [0.1, 0.15) is 0 Å². The molecule has 0 unspecified atom stereocenters. The molecule has 2 aromatic rings. The van der Waals surface area contributed by atoms with Crippen LogP contribution in [0, 0.1) is 10.1 Å². The maximum Gasteiger partial charge on any atom is 0.269 e. The number of non-ortho nitro benzene ring substituents is 1. The van der Waals surface area contributed by atoms with Crippen LogP contribution in [0.4, 0.5) is 5.69 Å². The van der Waals surface area contributed by atoms with Gasteiger partial charge in [0.25, 0.3) is 5.69 Å². The highest BCUT2D eigenvalue weighted by Gasteiger charge is 2.32. The van der Waals surface area contributed by atoms with Gasteiger partial charge in [0.15, 0.2) is 0 Å². The Morgan fingerprint density at radius 3 is 2.44 bits per heavy atom. The zero-order chi connectivity index (χ0) is 19.3. The highest BCUT2D eigenvalue weighted by molar-refractivity contribution is 7.89. The van der Waals surface area contributed by atoms with Gasteiger partial charge in [-0.05, 0) is 43.5 Å². The van der Waals surface area contributed by atoms with Gasteiger partial charge in [-0.3, -0.25) is 10.1 Å². The van der Waals surface area contributed by atoms with E-state index in [0.29, 0.717) is 19.5 Å². The van der Waals surface area contributed by atoms with Gasteiger partial charge in [-0.1, -0.05) is 30.3 Å². The Morgan fingerprint density at radius 1 is 1.07 bits per heavy atom. The fourth-order valence-electron chi connectivity index (χ4n) is 3.32. The first-order valence-corrected chi connectivity index (χ1v) is 10.4. The quantitative estimate of drug-likeness (QED) is 0.627. The Kier molecular flexibility index (Phi) is 6.20. The molecule has 1 N–H and O–H groups in total. The van der Waals surface area contributed by atoms with Crippen LogP contribution in [0.1, 0.15) is 18.4 Å². The van der Waals surface area contributed by atoms with Crippen LogP contribution in [0.2, 0.25) is 0 Å². The van der Waals surface area contributed by atoms with Gasteiger partial charge in [0.2, 0.25) is 10.0 Å². The van der Waals surface area contributed by atoms with Crippen molar-refractivity contribution < 1.29 is 13.3 Å². The minimum atomic E-state index is -3.74. The van der Waals surface area contributed by atoms with E-state index in [-0.39, 0.29) is 16.6 Å². The largest absolute Gasteiger partial charge is 0.315 e. The molecule has 8 heteroatoms. The molecular weight excluding hydrogens is 366 g/mol. The summed E-state index contributed by atoms with van der Waals surface area (Å²) in [4.78, 5) is 10.4. The molecule has 0 bridgehead atoms. The molecule has 3 rings (SSSR count). The number of benzene rings is 2. The van der Waals surface area contributed by atoms with Crippen molar-refractivity contribution in [3.05, 3.63) is 70.3 Å². The number of rotatable bonds is 5. The summed E-state index contributed by atoms with van der Waals surface area (Å²) in [5.41, 5.74) is 0.956. The Morgan fingerprint density at radius 2 is 1.78 bits per heavy atom. The average molecular weight is 389 g/mol. The number of hydrogen-bond donors (Lipinski definition) is 1. The number of nitro groups is 1. The molecule has 0 aliphatic carbocycles. The lowest BCUT2D eigenvalue weighted by Gasteiger charge is -2.33. The van der Waals surface area contributed by atoms with Crippen LogP contribution in [-0.2, 0) is 16.4 Å². The zero-order valence-corrected chi connectivity index (χ0v) is 15.8. The molecule has 144 valence electrons. The highest BCUT2D eigenvalue weighted by Crippen LogP contribution is 2.24. The van der Waals surface area contributed by atoms with Crippen molar-refractivity contribution in [2.75, 3.05) is 19.6 Å². The molecule has 1 atom stereocenters. The van der Waals surface area contributed by atoms with Crippen molar-refractivity contribution in [1.82, 2.24) is 9.62 Å². The number of sulfonamides is 1. The third-order valence-electron chi connectivity index (χ3n) is 4.74. The lowest BCUT2D eigenvalue weighted by molar-refractivity contribution is -0.384. The van der Waals surface area contributed by atoms with Gasteiger partial charge in [-0.2, -0.15) is 4.31 Å². The molecule has 27 heavy (non-hydrogen) atoms. The normalized spacial score (nSPS) is 19.2. The van der Waals surface area contributed by atoms with E-state index in [2.05, 4.69) is 5.32 Å². The summed E-state index contributed by atoms with van der Waals surface area (Å²) in [5.74, 6) is 0. The first-order valence-electron chi connectivity index (χ1n) is 8.99. The molecule has 1 aliphatic rings. The minimum Gasteiger partial charge on any atom is -0.315 e. The second kappa shape index (κ2) is 8.60.